The number of unbranched alkanes of at least 4 members (excludes halogenated alkanes) is 9. The first kappa shape index (κ1) is 27.8. The number of aliphatic imine (C=N–C) groups is 1. The number of rotatable bonds is 12. The first-order valence-electron chi connectivity index (χ1n) is 12.9. The van der Waals surface area contributed by atoms with Crippen molar-refractivity contribution in [1.29, 1.82) is 0 Å². The highest BCUT2D eigenvalue weighted by atomic mass is 16.5. The second kappa shape index (κ2) is 14.1. The number of aromatic nitrogens is 2. The molecule has 0 saturated carbocycles. The Labute approximate surface area is 203 Å². The molecule has 192 valence electrons. The summed E-state index contributed by atoms with van der Waals surface area (Å²) in [5.41, 5.74) is -0.715. The number of hydrogen-bond acceptors (Lipinski definition) is 5. The Bertz CT molecular complexity index is 799. The van der Waals surface area contributed by atoms with E-state index in [1.807, 2.05) is 0 Å². The van der Waals surface area contributed by atoms with Crippen molar-refractivity contribution in [3.05, 3.63) is 11.7 Å². The van der Waals surface area contributed by atoms with E-state index in [0.717, 1.165) is 32.1 Å². The number of nitrogens with zero attached hydrogens (tertiary/aromatic N) is 4. The Morgan fingerprint density at radius 2 is 1.71 bits per heavy atom. The Morgan fingerprint density at radius 3 is 2.29 bits per heavy atom. The van der Waals surface area contributed by atoms with Gasteiger partial charge in [-0.3, -0.25) is 10.1 Å². The molecule has 1 fully saturated rings. The van der Waals surface area contributed by atoms with Gasteiger partial charge in [-0.15, -0.1) is 0 Å². The molecular formula is C25H43N5O4. The molecule has 1 atom stereocenters. The van der Waals surface area contributed by atoms with Crippen LogP contribution < -0.4 is 5.32 Å². The molecule has 1 aliphatic heterocycles. The summed E-state index contributed by atoms with van der Waals surface area (Å²) in [6, 6.07) is -0.299. The highest BCUT2D eigenvalue weighted by Crippen LogP contribution is 2.31. The maximum absolute atomic E-state index is 12.4. The fourth-order valence-corrected chi connectivity index (χ4v) is 4.08. The third kappa shape index (κ3) is 9.43. The van der Waals surface area contributed by atoms with Gasteiger partial charge in [0.05, 0.1) is 0 Å². The van der Waals surface area contributed by atoms with Crippen LogP contribution in [0.25, 0.3) is 0 Å². The van der Waals surface area contributed by atoms with Gasteiger partial charge in [0.2, 0.25) is 11.9 Å². The van der Waals surface area contributed by atoms with Crippen molar-refractivity contribution in [3.63, 3.8) is 0 Å². The minimum Gasteiger partial charge on any atom is -0.465 e. The van der Waals surface area contributed by atoms with E-state index in [-0.39, 0.29) is 12.0 Å². The zero-order valence-electron chi connectivity index (χ0n) is 21.4. The van der Waals surface area contributed by atoms with Gasteiger partial charge in [-0.1, -0.05) is 90.6 Å². The second-order valence-corrected chi connectivity index (χ2v) is 10.3. The molecule has 1 aromatic heterocycles. The van der Waals surface area contributed by atoms with Gasteiger partial charge in [-0.2, -0.15) is 9.98 Å². The summed E-state index contributed by atoms with van der Waals surface area (Å²) in [5.74, 6) is 0.748. The van der Waals surface area contributed by atoms with Crippen molar-refractivity contribution >= 4 is 18.0 Å². The molecular weight excluding hydrogens is 434 g/mol. The fraction of sp³-hybridized carbons (Fsp3) is 0.800. The molecule has 0 spiro atoms. The molecule has 1 aromatic rings. The van der Waals surface area contributed by atoms with Gasteiger partial charge < -0.3 is 14.5 Å². The van der Waals surface area contributed by atoms with Crippen molar-refractivity contribution in [1.82, 2.24) is 20.4 Å². The third-order valence-corrected chi connectivity index (χ3v) is 6.12. The Balaban J connectivity index is 1.86. The molecule has 9 heteroatoms. The fourth-order valence-electron chi connectivity index (χ4n) is 4.08. The number of likely N-dealkylation sites (tertiary alicyclic amines) is 1. The molecule has 1 aliphatic rings. The Kier molecular flexibility index (Phi) is 11.5. The summed E-state index contributed by atoms with van der Waals surface area (Å²) >= 11 is 0. The maximum Gasteiger partial charge on any atom is 0.411 e. The summed E-state index contributed by atoms with van der Waals surface area (Å²) in [4.78, 5) is 34.2. The van der Waals surface area contributed by atoms with Crippen molar-refractivity contribution in [3.8, 4) is 0 Å². The lowest BCUT2D eigenvalue weighted by atomic mass is 9.96. The lowest BCUT2D eigenvalue weighted by Gasteiger charge is -2.25. The molecule has 2 N–H and O–H groups in total. The van der Waals surface area contributed by atoms with Crippen LogP contribution in [0.2, 0.25) is 0 Å². The predicted octanol–water partition coefficient (Wildman–Crippen LogP) is 5.87. The van der Waals surface area contributed by atoms with Crippen molar-refractivity contribution in [2.24, 2.45) is 10.4 Å². The van der Waals surface area contributed by atoms with E-state index in [9.17, 15) is 14.7 Å². The summed E-state index contributed by atoms with van der Waals surface area (Å²) in [5, 5.41) is 15.7. The number of carbonyl (C=O) groups excluding carboxylic acids is 1. The minimum atomic E-state index is -1.27. The number of amides is 2. The smallest absolute Gasteiger partial charge is 0.411 e. The van der Waals surface area contributed by atoms with Gasteiger partial charge in [0.25, 0.3) is 5.91 Å². The van der Waals surface area contributed by atoms with Crippen LogP contribution in [0.1, 0.15) is 123 Å². The van der Waals surface area contributed by atoms with Crippen LogP contribution in [0.3, 0.4) is 0 Å². The Hall–Kier alpha value is -2.45. The maximum atomic E-state index is 12.4. The van der Waals surface area contributed by atoms with Gasteiger partial charge in [0.15, 0.2) is 5.82 Å². The van der Waals surface area contributed by atoms with Gasteiger partial charge in [-0.05, 0) is 19.3 Å². The summed E-state index contributed by atoms with van der Waals surface area (Å²) in [7, 11) is 0. The predicted molar refractivity (Wildman–Crippen MR) is 132 cm³/mol. The number of carboxylic acid groups (broad SMARTS) is 1. The van der Waals surface area contributed by atoms with E-state index >= 15 is 0 Å². The van der Waals surface area contributed by atoms with E-state index in [2.05, 4.69) is 27.4 Å². The summed E-state index contributed by atoms with van der Waals surface area (Å²) in [6.07, 6.45) is 13.8. The number of carbonyl (C=O) groups is 2. The SMILES string of the molecule is CCCCCCCCCCCCc1noc(C2CCCN2/C(=N/C(=O)C(C)(C)C)NC(=O)O)n1. The molecule has 0 aliphatic carbocycles. The molecule has 2 amide bonds. The number of nitrogens with one attached hydrogen (secondary N) is 1. The minimum absolute atomic E-state index is 0.0179. The van der Waals surface area contributed by atoms with Gasteiger partial charge in [0, 0.05) is 18.4 Å². The first-order valence-corrected chi connectivity index (χ1v) is 12.9. The Morgan fingerprint density at radius 1 is 1.09 bits per heavy atom. The van der Waals surface area contributed by atoms with Crippen LogP contribution in [0.5, 0.6) is 0 Å². The van der Waals surface area contributed by atoms with Crippen LogP contribution in [-0.4, -0.2) is 44.7 Å². The molecule has 2 rings (SSSR count). The second-order valence-electron chi connectivity index (χ2n) is 10.3. The number of guanidine groups is 1. The normalized spacial score (nSPS) is 16.8. The summed E-state index contributed by atoms with van der Waals surface area (Å²) in [6.45, 7) is 8.04. The third-order valence-electron chi connectivity index (χ3n) is 6.12. The van der Waals surface area contributed by atoms with Crippen molar-refractivity contribution < 1.29 is 19.2 Å². The quantitative estimate of drug-likeness (QED) is 0.219. The highest BCUT2D eigenvalue weighted by molar-refractivity contribution is 6.01. The molecule has 0 radical (unpaired) electrons. The largest absolute Gasteiger partial charge is 0.465 e. The molecule has 1 unspecified atom stereocenters. The highest BCUT2D eigenvalue weighted by Gasteiger charge is 2.35. The summed E-state index contributed by atoms with van der Waals surface area (Å²) < 4.78 is 5.53. The monoisotopic (exact) mass is 477 g/mol. The average Bonchev–Trinajstić information content (AvgIpc) is 3.43. The van der Waals surface area contributed by atoms with Crippen LogP contribution in [0.15, 0.2) is 9.52 Å². The van der Waals surface area contributed by atoms with E-state index < -0.39 is 17.4 Å². The van der Waals surface area contributed by atoms with E-state index in [0.29, 0.717) is 18.3 Å². The van der Waals surface area contributed by atoms with E-state index in [1.54, 1.807) is 25.7 Å². The standard InChI is InChI=1S/C25H43N5O4/c1-5-6-7-8-9-10-11-12-13-14-17-20-26-21(34-29-20)19-16-15-18-30(19)23(28-24(32)33)27-22(31)25(2,3)4/h19H,5-18H2,1-4H3,(H,32,33)(H,27,28,31). The molecule has 34 heavy (non-hydrogen) atoms. The van der Waals surface area contributed by atoms with Crippen LogP contribution in [-0.2, 0) is 11.2 Å². The molecule has 0 aromatic carbocycles. The van der Waals surface area contributed by atoms with Gasteiger partial charge in [-0.25, -0.2) is 4.79 Å². The van der Waals surface area contributed by atoms with Gasteiger partial charge >= 0.3 is 6.09 Å². The first-order chi connectivity index (χ1) is 16.2. The van der Waals surface area contributed by atoms with Crippen molar-refractivity contribution in [2.45, 2.75) is 117 Å². The molecule has 0 bridgehead atoms. The topological polar surface area (TPSA) is 121 Å². The lowest BCUT2D eigenvalue weighted by Crippen LogP contribution is -2.44. The van der Waals surface area contributed by atoms with Crippen LogP contribution >= 0.6 is 0 Å². The average molecular weight is 478 g/mol. The molecule has 2 heterocycles. The van der Waals surface area contributed by atoms with Crippen LogP contribution in [0, 0.1) is 5.41 Å². The molecule has 9 nitrogen and oxygen atoms in total. The van der Waals surface area contributed by atoms with E-state index in [4.69, 9.17) is 4.52 Å². The van der Waals surface area contributed by atoms with E-state index in [1.165, 1.54) is 51.4 Å². The lowest BCUT2D eigenvalue weighted by molar-refractivity contribution is -0.124. The van der Waals surface area contributed by atoms with Crippen LogP contribution in [0.4, 0.5) is 4.79 Å². The van der Waals surface area contributed by atoms with Crippen molar-refractivity contribution in [2.75, 3.05) is 6.54 Å². The van der Waals surface area contributed by atoms with Gasteiger partial charge in [0.1, 0.15) is 6.04 Å². The zero-order valence-corrected chi connectivity index (χ0v) is 21.4. The molecule has 1 saturated heterocycles. The number of aryl methyl sites for hydroxylation is 1. The zero-order chi connectivity index (χ0) is 25.0. The number of hydrogen-bond donors (Lipinski definition) is 2.